The molecular weight excluding hydrogens is 330 g/mol. The Labute approximate surface area is 122 Å². The van der Waals surface area contributed by atoms with E-state index in [9.17, 15) is 9.59 Å². The van der Waals surface area contributed by atoms with E-state index in [1.165, 1.54) is 29.1 Å². The Bertz CT molecular complexity index is 751. The zero-order valence-corrected chi connectivity index (χ0v) is 13.1. The molecule has 2 heterocycles. The van der Waals surface area contributed by atoms with Gasteiger partial charge in [-0.25, -0.2) is 9.78 Å². The lowest BCUT2D eigenvalue weighted by molar-refractivity contribution is 0.683. The molecule has 7 heteroatoms. The average Bonchev–Trinajstić information content (AvgIpc) is 2.69. The van der Waals surface area contributed by atoms with Crippen molar-refractivity contribution in [3.63, 3.8) is 0 Å². The van der Waals surface area contributed by atoms with Gasteiger partial charge in [0.1, 0.15) is 5.01 Å². The van der Waals surface area contributed by atoms with E-state index >= 15 is 0 Å². The molecule has 0 aliphatic heterocycles. The second-order valence-corrected chi connectivity index (χ2v) is 6.44. The summed E-state index contributed by atoms with van der Waals surface area (Å²) in [6.45, 7) is 1.91. The van der Waals surface area contributed by atoms with Gasteiger partial charge in [-0.3, -0.25) is 9.36 Å². The second-order valence-electron chi connectivity index (χ2n) is 4.09. The van der Waals surface area contributed by atoms with Crippen LogP contribution < -0.4 is 11.2 Å². The van der Waals surface area contributed by atoms with Crippen LogP contribution in [0.2, 0.25) is 0 Å². The average molecular weight is 342 g/mol. The van der Waals surface area contributed by atoms with Gasteiger partial charge in [0.05, 0.1) is 15.0 Å². The van der Waals surface area contributed by atoms with E-state index in [-0.39, 0.29) is 11.2 Å². The minimum atomic E-state index is -0.338. The second kappa shape index (κ2) is 5.26. The van der Waals surface area contributed by atoms with Crippen molar-refractivity contribution in [1.29, 1.82) is 0 Å². The Hall–Kier alpha value is -1.47. The smallest absolute Gasteiger partial charge is 0.303 e. The number of hydrogen-bond donors (Lipinski definition) is 0. The van der Waals surface area contributed by atoms with Gasteiger partial charge in [0, 0.05) is 20.3 Å². The third kappa shape index (κ3) is 2.76. The Morgan fingerprint density at radius 2 is 2.00 bits per heavy atom. The largest absolute Gasteiger partial charge is 0.330 e. The number of halogens is 1. The molecular formula is C12H12BrN3O2S. The van der Waals surface area contributed by atoms with Crippen molar-refractivity contribution in [3.05, 3.63) is 47.1 Å². The Morgan fingerprint density at radius 3 is 2.58 bits per heavy atom. The number of rotatable bonds is 2. The summed E-state index contributed by atoms with van der Waals surface area (Å²) in [4.78, 5) is 27.8. The van der Waals surface area contributed by atoms with Crippen molar-refractivity contribution in [2.24, 2.45) is 14.1 Å². The monoisotopic (exact) mass is 341 g/mol. The molecule has 0 saturated heterocycles. The number of nitrogens with zero attached hydrogens (tertiary/aromatic N) is 3. The first-order chi connectivity index (χ1) is 8.90. The Kier molecular flexibility index (Phi) is 3.86. The number of hydrogen-bond acceptors (Lipinski definition) is 4. The molecule has 0 amide bonds. The van der Waals surface area contributed by atoms with Crippen LogP contribution in [-0.4, -0.2) is 14.1 Å². The highest BCUT2D eigenvalue weighted by Gasteiger charge is 2.05. The molecule has 0 unspecified atom stereocenters. The van der Waals surface area contributed by atoms with Crippen molar-refractivity contribution >= 4 is 39.4 Å². The predicted octanol–water partition coefficient (Wildman–Crippen LogP) is 1.78. The summed E-state index contributed by atoms with van der Waals surface area (Å²) < 4.78 is 3.44. The summed E-state index contributed by atoms with van der Waals surface area (Å²) in [6.07, 6.45) is 4.97. The first-order valence-electron chi connectivity index (χ1n) is 5.48. The number of thiazole rings is 1. The van der Waals surface area contributed by atoms with Crippen LogP contribution in [0, 0.1) is 6.92 Å². The van der Waals surface area contributed by atoms with Gasteiger partial charge in [-0.15, -0.1) is 11.3 Å². The summed E-state index contributed by atoms with van der Waals surface area (Å²) in [5.41, 5.74) is 0.716. The van der Waals surface area contributed by atoms with Crippen LogP contribution in [0.4, 0.5) is 0 Å². The highest BCUT2D eigenvalue weighted by Crippen LogP contribution is 2.25. The van der Waals surface area contributed by atoms with E-state index in [4.69, 9.17) is 0 Å². The normalized spacial score (nSPS) is 11.4. The third-order valence-electron chi connectivity index (χ3n) is 2.63. The minimum Gasteiger partial charge on any atom is -0.303 e. The molecule has 2 aromatic heterocycles. The van der Waals surface area contributed by atoms with Gasteiger partial charge in [0.25, 0.3) is 5.56 Å². The maximum atomic E-state index is 11.9. The van der Waals surface area contributed by atoms with Crippen molar-refractivity contribution in [1.82, 2.24) is 14.1 Å². The van der Waals surface area contributed by atoms with Gasteiger partial charge in [-0.1, -0.05) is 0 Å². The van der Waals surface area contributed by atoms with Crippen LogP contribution in [0.1, 0.15) is 16.3 Å². The molecule has 0 aromatic carbocycles. The number of aryl methyl sites for hydroxylation is 2. The first kappa shape index (κ1) is 14.0. The molecule has 5 nitrogen and oxygen atoms in total. The van der Waals surface area contributed by atoms with Crippen molar-refractivity contribution in [2.75, 3.05) is 0 Å². The molecule has 0 bridgehead atoms. The standard InChI is InChI=1S/C12H12BrN3O2S/c1-7-10(13)19-9(14-7)5-4-8-6-15(2)12(18)16(3)11(8)17/h4-6H,1-3H3. The van der Waals surface area contributed by atoms with Crippen molar-refractivity contribution in [3.8, 4) is 0 Å². The summed E-state index contributed by atoms with van der Waals surface area (Å²) >= 11 is 4.89. The van der Waals surface area contributed by atoms with Crippen LogP contribution in [0.25, 0.3) is 12.2 Å². The maximum absolute atomic E-state index is 11.9. The van der Waals surface area contributed by atoms with E-state index in [0.29, 0.717) is 5.56 Å². The SMILES string of the molecule is Cc1nc(C=Cc2cn(C)c(=O)n(C)c2=O)sc1Br. The van der Waals surface area contributed by atoms with E-state index in [1.807, 2.05) is 6.92 Å². The van der Waals surface area contributed by atoms with Crippen LogP contribution in [0.15, 0.2) is 19.6 Å². The minimum absolute atomic E-state index is 0.313. The van der Waals surface area contributed by atoms with E-state index < -0.39 is 0 Å². The molecule has 0 radical (unpaired) electrons. The van der Waals surface area contributed by atoms with Gasteiger partial charge in [-0.05, 0) is 35.0 Å². The van der Waals surface area contributed by atoms with Crippen LogP contribution in [-0.2, 0) is 14.1 Å². The quantitative estimate of drug-likeness (QED) is 0.836. The van der Waals surface area contributed by atoms with Gasteiger partial charge in [0.2, 0.25) is 0 Å². The zero-order chi connectivity index (χ0) is 14.2. The fourth-order valence-corrected chi connectivity index (χ4v) is 2.86. The fourth-order valence-electron chi connectivity index (χ4n) is 1.58. The molecule has 0 atom stereocenters. The fraction of sp³-hybridized carbons (Fsp3) is 0.250. The molecule has 2 aromatic rings. The first-order valence-corrected chi connectivity index (χ1v) is 7.08. The molecule has 0 saturated carbocycles. The topological polar surface area (TPSA) is 56.9 Å². The molecule has 0 N–H and O–H groups in total. The van der Waals surface area contributed by atoms with Crippen LogP contribution in [0.5, 0.6) is 0 Å². The van der Waals surface area contributed by atoms with Gasteiger partial charge in [-0.2, -0.15) is 0 Å². The van der Waals surface area contributed by atoms with Gasteiger partial charge in [0.15, 0.2) is 0 Å². The summed E-state index contributed by atoms with van der Waals surface area (Å²) in [5, 5.41) is 0.806. The number of aromatic nitrogens is 3. The summed E-state index contributed by atoms with van der Waals surface area (Å²) in [6, 6.07) is 0. The zero-order valence-electron chi connectivity index (χ0n) is 10.7. The van der Waals surface area contributed by atoms with E-state index in [2.05, 4.69) is 20.9 Å². The molecule has 2 rings (SSSR count). The molecule has 0 aliphatic carbocycles. The third-order valence-corrected chi connectivity index (χ3v) is 4.61. The molecule has 0 spiro atoms. The lowest BCUT2D eigenvalue weighted by Crippen LogP contribution is -2.37. The lowest BCUT2D eigenvalue weighted by Gasteiger charge is -2.02. The van der Waals surface area contributed by atoms with Crippen molar-refractivity contribution in [2.45, 2.75) is 6.92 Å². The summed E-state index contributed by atoms with van der Waals surface area (Å²) in [5.74, 6) is 0. The lowest BCUT2D eigenvalue weighted by atomic mass is 10.3. The molecule has 0 fully saturated rings. The Morgan fingerprint density at radius 1 is 1.32 bits per heavy atom. The maximum Gasteiger partial charge on any atom is 0.330 e. The molecule has 0 aliphatic rings. The Balaban J connectivity index is 2.44. The highest BCUT2D eigenvalue weighted by atomic mass is 79.9. The van der Waals surface area contributed by atoms with Crippen LogP contribution in [0.3, 0.4) is 0 Å². The highest BCUT2D eigenvalue weighted by molar-refractivity contribution is 9.11. The van der Waals surface area contributed by atoms with Crippen molar-refractivity contribution < 1.29 is 0 Å². The molecule has 100 valence electrons. The van der Waals surface area contributed by atoms with E-state index in [0.717, 1.165) is 19.1 Å². The van der Waals surface area contributed by atoms with E-state index in [1.54, 1.807) is 19.2 Å². The van der Waals surface area contributed by atoms with Gasteiger partial charge >= 0.3 is 5.69 Å². The summed E-state index contributed by atoms with van der Waals surface area (Å²) in [7, 11) is 3.08. The molecule has 19 heavy (non-hydrogen) atoms. The predicted molar refractivity (Wildman–Crippen MR) is 80.4 cm³/mol. The van der Waals surface area contributed by atoms with Crippen LogP contribution >= 0.6 is 27.3 Å². The van der Waals surface area contributed by atoms with Gasteiger partial charge < -0.3 is 4.57 Å².